The Morgan fingerprint density at radius 2 is 1.68 bits per heavy atom. The molecule has 1 heterocycles. The van der Waals surface area contributed by atoms with Gasteiger partial charge in [0.05, 0.1) is 16.6 Å². The van der Waals surface area contributed by atoms with E-state index in [-0.39, 0.29) is 10.9 Å². The Bertz CT molecular complexity index is 1130. The molecule has 1 atom stereocenters. The van der Waals surface area contributed by atoms with Crippen LogP contribution >= 0.6 is 15.9 Å². The number of halogens is 1. The van der Waals surface area contributed by atoms with Gasteiger partial charge in [0, 0.05) is 10.9 Å². The van der Waals surface area contributed by atoms with Gasteiger partial charge < -0.3 is 0 Å². The maximum Gasteiger partial charge on any atom is 0.279 e. The molecule has 0 bridgehead atoms. The van der Waals surface area contributed by atoms with Crippen LogP contribution in [0.5, 0.6) is 0 Å². The molecule has 0 amide bonds. The summed E-state index contributed by atoms with van der Waals surface area (Å²) in [7, 11) is -3.77. The van der Waals surface area contributed by atoms with Gasteiger partial charge in [-0.3, -0.25) is 0 Å². The largest absolute Gasteiger partial charge is 0.279 e. The second-order valence-corrected chi connectivity index (χ2v) is 9.49. The Kier molecular flexibility index (Phi) is 5.08. The van der Waals surface area contributed by atoms with E-state index in [1.165, 1.54) is 4.41 Å². The summed E-state index contributed by atoms with van der Waals surface area (Å²) >= 11 is 3.49. The number of nitrogens with zero attached hydrogens (tertiary/aromatic N) is 2. The fourth-order valence-corrected chi connectivity index (χ4v) is 5.16. The predicted octanol–water partition coefficient (Wildman–Crippen LogP) is 5.30. The van der Waals surface area contributed by atoms with Crippen LogP contribution in [-0.2, 0) is 10.0 Å². The first-order chi connectivity index (χ1) is 13.4. The highest BCUT2D eigenvalue weighted by Gasteiger charge is 2.37. The fourth-order valence-electron chi connectivity index (χ4n) is 3.29. The summed E-state index contributed by atoms with van der Waals surface area (Å²) in [6, 6.07) is 23.8. The van der Waals surface area contributed by atoms with Gasteiger partial charge >= 0.3 is 0 Å². The van der Waals surface area contributed by atoms with Gasteiger partial charge in [-0.05, 0) is 42.3 Å². The minimum absolute atomic E-state index is 0.240. The first-order valence-corrected chi connectivity index (χ1v) is 11.2. The molecule has 0 spiro atoms. The van der Waals surface area contributed by atoms with Gasteiger partial charge in [0.1, 0.15) is 0 Å². The van der Waals surface area contributed by atoms with Gasteiger partial charge in [0.2, 0.25) is 0 Å². The van der Waals surface area contributed by atoms with Crippen molar-refractivity contribution in [1.82, 2.24) is 4.41 Å². The third kappa shape index (κ3) is 3.62. The Morgan fingerprint density at radius 1 is 0.964 bits per heavy atom. The van der Waals surface area contributed by atoms with E-state index in [2.05, 4.69) is 21.0 Å². The molecule has 3 aromatic carbocycles. The number of rotatable bonds is 4. The average molecular weight is 455 g/mol. The maximum absolute atomic E-state index is 13.3. The Labute approximate surface area is 173 Å². The van der Waals surface area contributed by atoms with Crippen molar-refractivity contribution in [3.8, 4) is 0 Å². The molecule has 0 unspecified atom stereocenters. The lowest BCUT2D eigenvalue weighted by molar-refractivity contribution is 0.371. The van der Waals surface area contributed by atoms with Crippen LogP contribution in [0.15, 0.2) is 93.3 Å². The molecule has 142 valence electrons. The van der Waals surface area contributed by atoms with Crippen molar-refractivity contribution < 1.29 is 8.42 Å². The lowest BCUT2D eigenvalue weighted by Crippen LogP contribution is -2.27. The van der Waals surface area contributed by atoms with E-state index < -0.39 is 10.0 Å². The third-order valence-corrected chi connectivity index (χ3v) is 6.97. The van der Waals surface area contributed by atoms with E-state index in [0.29, 0.717) is 6.42 Å². The van der Waals surface area contributed by atoms with Crippen LogP contribution in [0, 0.1) is 6.92 Å². The van der Waals surface area contributed by atoms with Gasteiger partial charge in [-0.15, -0.1) is 0 Å². The minimum Gasteiger partial charge on any atom is -0.200 e. The molecule has 1 aliphatic rings. The van der Waals surface area contributed by atoms with Crippen molar-refractivity contribution in [2.75, 3.05) is 0 Å². The number of aryl methyl sites for hydroxylation is 1. The number of benzene rings is 3. The van der Waals surface area contributed by atoms with Crippen LogP contribution in [-0.4, -0.2) is 18.5 Å². The normalized spacial score (nSPS) is 16.9. The van der Waals surface area contributed by atoms with E-state index in [4.69, 9.17) is 0 Å². The number of hydrazone groups is 1. The van der Waals surface area contributed by atoms with Crippen molar-refractivity contribution >= 4 is 31.7 Å². The van der Waals surface area contributed by atoms with Crippen molar-refractivity contribution in [1.29, 1.82) is 0 Å². The highest BCUT2D eigenvalue weighted by Crippen LogP contribution is 2.37. The lowest BCUT2D eigenvalue weighted by Gasteiger charge is -2.23. The Morgan fingerprint density at radius 3 is 2.36 bits per heavy atom. The molecule has 0 saturated heterocycles. The van der Waals surface area contributed by atoms with Gasteiger partial charge in [-0.1, -0.05) is 76.1 Å². The fraction of sp³-hybridized carbons (Fsp3) is 0.136. The molecular formula is C22H19BrN2O2S. The first-order valence-electron chi connectivity index (χ1n) is 8.94. The van der Waals surface area contributed by atoms with Crippen molar-refractivity contribution in [2.45, 2.75) is 24.3 Å². The zero-order chi connectivity index (χ0) is 19.7. The molecule has 0 radical (unpaired) electrons. The third-order valence-electron chi connectivity index (χ3n) is 4.78. The van der Waals surface area contributed by atoms with Crippen LogP contribution in [0.2, 0.25) is 0 Å². The van der Waals surface area contributed by atoms with E-state index in [1.807, 2.05) is 55.5 Å². The molecule has 0 aliphatic carbocycles. The summed E-state index contributed by atoms with van der Waals surface area (Å²) in [5.74, 6) is 0. The van der Waals surface area contributed by atoms with Crippen LogP contribution < -0.4 is 0 Å². The van der Waals surface area contributed by atoms with Crippen LogP contribution in [0.3, 0.4) is 0 Å². The molecule has 4 nitrogen and oxygen atoms in total. The summed E-state index contributed by atoms with van der Waals surface area (Å²) in [6.07, 6.45) is 0.519. The number of hydrogen-bond acceptors (Lipinski definition) is 3. The minimum atomic E-state index is -3.77. The van der Waals surface area contributed by atoms with E-state index in [0.717, 1.165) is 26.9 Å². The highest BCUT2D eigenvalue weighted by atomic mass is 79.9. The van der Waals surface area contributed by atoms with Crippen molar-refractivity contribution in [3.05, 3.63) is 100 Å². The molecule has 4 rings (SSSR count). The molecule has 28 heavy (non-hydrogen) atoms. The molecule has 3 aromatic rings. The second kappa shape index (κ2) is 7.53. The molecule has 0 saturated carbocycles. The van der Waals surface area contributed by atoms with Crippen molar-refractivity contribution in [3.63, 3.8) is 0 Å². The molecule has 1 aliphatic heterocycles. The topological polar surface area (TPSA) is 49.7 Å². The smallest absolute Gasteiger partial charge is 0.200 e. The van der Waals surface area contributed by atoms with Crippen LogP contribution in [0.1, 0.15) is 29.2 Å². The summed E-state index contributed by atoms with van der Waals surface area (Å²) < 4.78 is 28.9. The van der Waals surface area contributed by atoms with Gasteiger partial charge in [-0.25, -0.2) is 0 Å². The summed E-state index contributed by atoms with van der Waals surface area (Å²) in [5.41, 5.74) is 3.76. The quantitative estimate of drug-likeness (QED) is 0.536. The van der Waals surface area contributed by atoms with E-state index in [9.17, 15) is 8.42 Å². The Hall–Kier alpha value is -2.44. The molecule has 0 fully saturated rings. The van der Waals surface area contributed by atoms with Gasteiger partial charge in [-0.2, -0.15) is 17.9 Å². The molecule has 0 aromatic heterocycles. The van der Waals surface area contributed by atoms with Gasteiger partial charge in [0.25, 0.3) is 10.0 Å². The summed E-state index contributed by atoms with van der Waals surface area (Å²) in [5, 5.41) is 4.57. The Balaban J connectivity index is 1.81. The lowest BCUT2D eigenvalue weighted by atomic mass is 9.99. The highest BCUT2D eigenvalue weighted by molar-refractivity contribution is 9.10. The van der Waals surface area contributed by atoms with E-state index in [1.54, 1.807) is 30.3 Å². The summed E-state index contributed by atoms with van der Waals surface area (Å²) in [4.78, 5) is 0.240. The van der Waals surface area contributed by atoms with Gasteiger partial charge in [0.15, 0.2) is 0 Å². The SMILES string of the molecule is Cc1ccc(C2=NN(S(=O)(=O)c3ccccc3)[C@H](c3cccc(Br)c3)C2)cc1. The standard InChI is InChI=1S/C22H19BrN2O2S/c1-16-10-12-17(13-11-16)21-15-22(18-6-5-7-19(23)14-18)25(24-21)28(26,27)20-8-3-2-4-9-20/h2-14,22H,15H2,1H3/t22-/m0/s1. The number of hydrogen-bond donors (Lipinski definition) is 0. The zero-order valence-corrected chi connectivity index (χ0v) is 17.7. The number of sulfonamides is 1. The summed E-state index contributed by atoms with van der Waals surface area (Å²) in [6.45, 7) is 2.02. The maximum atomic E-state index is 13.3. The van der Waals surface area contributed by atoms with Crippen molar-refractivity contribution in [2.24, 2.45) is 5.10 Å². The molecule has 6 heteroatoms. The van der Waals surface area contributed by atoms with E-state index >= 15 is 0 Å². The van der Waals surface area contributed by atoms with Crippen LogP contribution in [0.25, 0.3) is 0 Å². The second-order valence-electron chi connectivity index (χ2n) is 6.78. The zero-order valence-electron chi connectivity index (χ0n) is 15.3. The van der Waals surface area contributed by atoms with Crippen LogP contribution in [0.4, 0.5) is 0 Å². The monoisotopic (exact) mass is 454 g/mol. The molecular weight excluding hydrogens is 436 g/mol. The molecule has 0 N–H and O–H groups in total. The predicted molar refractivity (Wildman–Crippen MR) is 115 cm³/mol. The first kappa shape index (κ1) is 18.9. The average Bonchev–Trinajstić information content (AvgIpc) is 3.16.